The van der Waals surface area contributed by atoms with Crippen LogP contribution in [0.3, 0.4) is 0 Å². The van der Waals surface area contributed by atoms with E-state index in [0.29, 0.717) is 26.3 Å². The Balaban J connectivity index is 1.95. The number of carbonyl (C=O) groups is 1. The van der Waals surface area contributed by atoms with Crippen molar-refractivity contribution in [3.63, 3.8) is 0 Å². The van der Waals surface area contributed by atoms with E-state index >= 15 is 0 Å². The summed E-state index contributed by atoms with van der Waals surface area (Å²) in [5, 5.41) is 0. The molecule has 0 bridgehead atoms. The van der Waals surface area contributed by atoms with Crippen molar-refractivity contribution in [3.05, 3.63) is 35.8 Å². The molecule has 1 aromatic carbocycles. The number of fused-ring (bicyclic) bond motifs is 1. The maximum atomic E-state index is 14.4. The number of hydrogen-bond acceptors (Lipinski definition) is 6. The van der Waals surface area contributed by atoms with E-state index in [1.165, 1.54) is 19.4 Å². The lowest BCUT2D eigenvalue weighted by atomic mass is 10.1. The van der Waals surface area contributed by atoms with Gasteiger partial charge in [0.1, 0.15) is 12.2 Å². The zero-order valence-corrected chi connectivity index (χ0v) is 14.0. The fourth-order valence-corrected chi connectivity index (χ4v) is 2.53. The minimum atomic E-state index is -0.563. The average molecular weight is 347 g/mol. The van der Waals surface area contributed by atoms with Crippen LogP contribution >= 0.6 is 0 Å². The second-order valence-electron chi connectivity index (χ2n) is 5.37. The van der Waals surface area contributed by atoms with Gasteiger partial charge in [0.15, 0.2) is 17.4 Å². The van der Waals surface area contributed by atoms with Crippen LogP contribution in [0.25, 0.3) is 11.4 Å². The van der Waals surface area contributed by atoms with Crippen LogP contribution in [-0.2, 0) is 4.74 Å². The number of rotatable bonds is 5. The van der Waals surface area contributed by atoms with Crippen molar-refractivity contribution < 1.29 is 23.4 Å². The molecule has 1 aliphatic rings. The molecule has 7 nitrogen and oxygen atoms in total. The van der Waals surface area contributed by atoms with Crippen LogP contribution in [0.4, 0.5) is 4.39 Å². The number of nitrogens with zero attached hydrogens (tertiary/aromatic N) is 3. The van der Waals surface area contributed by atoms with Crippen molar-refractivity contribution in [1.29, 1.82) is 0 Å². The van der Waals surface area contributed by atoms with E-state index < -0.39 is 5.82 Å². The molecule has 0 unspecified atom stereocenters. The first-order valence-corrected chi connectivity index (χ1v) is 7.76. The Bertz CT molecular complexity index is 784. The first-order chi connectivity index (χ1) is 12.2. The van der Waals surface area contributed by atoms with Gasteiger partial charge in [-0.2, -0.15) is 4.98 Å². The van der Waals surface area contributed by atoms with Crippen LogP contribution in [0.2, 0.25) is 0 Å². The number of aromatic nitrogens is 2. The third-order valence-corrected chi connectivity index (χ3v) is 3.86. The van der Waals surface area contributed by atoms with Gasteiger partial charge in [-0.1, -0.05) is 6.07 Å². The number of benzene rings is 1. The van der Waals surface area contributed by atoms with Gasteiger partial charge in [-0.3, -0.25) is 4.79 Å². The van der Waals surface area contributed by atoms with Crippen LogP contribution < -0.4 is 9.47 Å². The molecule has 132 valence electrons. The second kappa shape index (κ2) is 7.43. The van der Waals surface area contributed by atoms with E-state index in [1.54, 1.807) is 24.1 Å². The van der Waals surface area contributed by atoms with Gasteiger partial charge in [0.2, 0.25) is 5.88 Å². The molecule has 1 aromatic heterocycles. The summed E-state index contributed by atoms with van der Waals surface area (Å²) in [6, 6.07) is 4.70. The Morgan fingerprint density at radius 2 is 2.16 bits per heavy atom. The highest BCUT2D eigenvalue weighted by Crippen LogP contribution is 2.29. The molecular formula is C17H18FN3O4. The molecule has 1 aliphatic heterocycles. The molecule has 0 atom stereocenters. The molecule has 0 radical (unpaired) electrons. The molecule has 0 saturated carbocycles. The van der Waals surface area contributed by atoms with Crippen molar-refractivity contribution >= 4 is 5.91 Å². The van der Waals surface area contributed by atoms with E-state index in [4.69, 9.17) is 14.2 Å². The molecule has 3 rings (SSSR count). The van der Waals surface area contributed by atoms with Crippen LogP contribution in [0.1, 0.15) is 10.4 Å². The molecule has 1 amide bonds. The summed E-state index contributed by atoms with van der Waals surface area (Å²) in [6.45, 7) is 1.58. The van der Waals surface area contributed by atoms with Gasteiger partial charge in [0.05, 0.1) is 25.8 Å². The summed E-state index contributed by atoms with van der Waals surface area (Å²) in [5.74, 6) is -0.418. The fourth-order valence-electron chi connectivity index (χ4n) is 2.53. The average Bonchev–Trinajstić information content (AvgIpc) is 2.79. The molecule has 0 aliphatic carbocycles. The van der Waals surface area contributed by atoms with Crippen LogP contribution in [0.15, 0.2) is 24.4 Å². The minimum absolute atomic E-state index is 0.0961. The summed E-state index contributed by atoms with van der Waals surface area (Å²) >= 11 is 0. The Morgan fingerprint density at radius 3 is 2.92 bits per heavy atom. The predicted molar refractivity (Wildman–Crippen MR) is 87.3 cm³/mol. The van der Waals surface area contributed by atoms with Crippen molar-refractivity contribution in [1.82, 2.24) is 14.9 Å². The normalized spacial score (nSPS) is 13.9. The highest BCUT2D eigenvalue weighted by Gasteiger charge is 2.26. The largest absolute Gasteiger partial charge is 0.494 e. The van der Waals surface area contributed by atoms with E-state index in [9.17, 15) is 9.18 Å². The first-order valence-electron chi connectivity index (χ1n) is 7.76. The number of amides is 1. The van der Waals surface area contributed by atoms with Gasteiger partial charge in [-0.15, -0.1) is 0 Å². The topological polar surface area (TPSA) is 73.8 Å². The Labute approximate surface area is 144 Å². The SMILES string of the molecule is COCCN1CCOc2nc(-c3cccc(OC)c3F)ncc2C1=O. The quantitative estimate of drug-likeness (QED) is 0.821. The lowest BCUT2D eigenvalue weighted by Crippen LogP contribution is -2.35. The van der Waals surface area contributed by atoms with Gasteiger partial charge < -0.3 is 19.1 Å². The smallest absolute Gasteiger partial charge is 0.261 e. The zero-order chi connectivity index (χ0) is 17.8. The number of halogens is 1. The molecule has 8 heteroatoms. The molecule has 2 aromatic rings. The van der Waals surface area contributed by atoms with Crippen LogP contribution in [-0.4, -0.2) is 61.3 Å². The summed E-state index contributed by atoms with van der Waals surface area (Å²) in [6.07, 6.45) is 1.37. The third kappa shape index (κ3) is 3.39. The highest BCUT2D eigenvalue weighted by molar-refractivity contribution is 5.96. The number of carbonyl (C=O) groups excluding carboxylic acids is 1. The summed E-state index contributed by atoms with van der Waals surface area (Å²) in [5.41, 5.74) is 0.430. The number of methoxy groups -OCH3 is 2. The summed E-state index contributed by atoms with van der Waals surface area (Å²) < 4.78 is 30.0. The Morgan fingerprint density at radius 1 is 1.32 bits per heavy atom. The molecular weight excluding hydrogens is 329 g/mol. The number of ether oxygens (including phenoxy) is 3. The Kier molecular flexibility index (Phi) is 5.08. The zero-order valence-electron chi connectivity index (χ0n) is 14.0. The van der Waals surface area contributed by atoms with Crippen molar-refractivity contribution in [2.24, 2.45) is 0 Å². The molecule has 0 fully saturated rings. The highest BCUT2D eigenvalue weighted by atomic mass is 19.1. The minimum Gasteiger partial charge on any atom is -0.494 e. The standard InChI is InChI=1S/C17H18FN3O4/c1-23-8-6-21-7-9-25-16-12(17(21)22)10-19-15(20-16)11-4-3-5-13(24-2)14(11)18/h3-5,10H,6-9H2,1-2H3. The predicted octanol–water partition coefficient (Wildman–Crippen LogP) is 1.77. The lowest BCUT2D eigenvalue weighted by Gasteiger charge is -2.18. The molecule has 2 heterocycles. The number of hydrogen-bond donors (Lipinski definition) is 0. The Hall–Kier alpha value is -2.74. The van der Waals surface area contributed by atoms with Crippen molar-refractivity contribution in [2.75, 3.05) is 40.5 Å². The van der Waals surface area contributed by atoms with E-state index in [0.717, 1.165) is 0 Å². The maximum absolute atomic E-state index is 14.4. The third-order valence-electron chi connectivity index (χ3n) is 3.86. The van der Waals surface area contributed by atoms with E-state index in [1.807, 2.05) is 0 Å². The van der Waals surface area contributed by atoms with E-state index in [2.05, 4.69) is 9.97 Å². The van der Waals surface area contributed by atoms with Crippen molar-refractivity contribution in [2.45, 2.75) is 0 Å². The van der Waals surface area contributed by atoms with Gasteiger partial charge in [-0.25, -0.2) is 9.37 Å². The summed E-state index contributed by atoms with van der Waals surface area (Å²) in [7, 11) is 2.96. The van der Waals surface area contributed by atoms with Gasteiger partial charge >= 0.3 is 0 Å². The van der Waals surface area contributed by atoms with Gasteiger partial charge in [0, 0.05) is 19.9 Å². The van der Waals surface area contributed by atoms with Gasteiger partial charge in [-0.05, 0) is 12.1 Å². The molecule has 25 heavy (non-hydrogen) atoms. The fraction of sp³-hybridized carbons (Fsp3) is 0.353. The monoisotopic (exact) mass is 347 g/mol. The van der Waals surface area contributed by atoms with E-state index in [-0.39, 0.29) is 34.5 Å². The molecule has 0 N–H and O–H groups in total. The molecule has 0 saturated heterocycles. The first kappa shape index (κ1) is 17.1. The lowest BCUT2D eigenvalue weighted by molar-refractivity contribution is 0.0693. The van der Waals surface area contributed by atoms with Crippen LogP contribution in [0.5, 0.6) is 11.6 Å². The van der Waals surface area contributed by atoms with Gasteiger partial charge in [0.25, 0.3) is 5.91 Å². The maximum Gasteiger partial charge on any atom is 0.261 e. The molecule has 0 spiro atoms. The van der Waals surface area contributed by atoms with Crippen LogP contribution in [0, 0.1) is 5.82 Å². The second-order valence-corrected chi connectivity index (χ2v) is 5.37. The van der Waals surface area contributed by atoms with Crippen molar-refractivity contribution in [3.8, 4) is 23.0 Å². The summed E-state index contributed by atoms with van der Waals surface area (Å²) in [4.78, 5) is 22.6.